The fourth-order valence-corrected chi connectivity index (χ4v) is 1.64. The highest BCUT2D eigenvalue weighted by Gasteiger charge is 2.25. The van der Waals surface area contributed by atoms with Gasteiger partial charge in [0.15, 0.2) is 0 Å². The lowest BCUT2D eigenvalue weighted by molar-refractivity contribution is -0.133. The third kappa shape index (κ3) is 3.51. The maximum Gasteiger partial charge on any atom is 0.242 e. The lowest BCUT2D eigenvalue weighted by Gasteiger charge is -2.35. The molecule has 0 saturated carbocycles. The molecule has 0 aromatic carbocycles. The fourth-order valence-electron chi connectivity index (χ4n) is 1.64. The molecule has 5 nitrogen and oxygen atoms in total. The van der Waals surface area contributed by atoms with Crippen LogP contribution < -0.4 is 11.1 Å². The van der Waals surface area contributed by atoms with Crippen molar-refractivity contribution >= 4 is 11.8 Å². The molecule has 0 aromatic heterocycles. The van der Waals surface area contributed by atoms with E-state index in [1.165, 1.54) is 6.92 Å². The van der Waals surface area contributed by atoms with E-state index in [9.17, 15) is 9.59 Å². The van der Waals surface area contributed by atoms with Crippen molar-refractivity contribution in [2.75, 3.05) is 19.6 Å². The molecule has 0 radical (unpaired) electrons. The molecule has 1 heterocycles. The molecule has 1 saturated heterocycles. The van der Waals surface area contributed by atoms with Gasteiger partial charge in [-0.25, -0.2) is 0 Å². The Balaban J connectivity index is 2.37. The molecule has 1 aliphatic rings. The van der Waals surface area contributed by atoms with E-state index >= 15 is 0 Å². The van der Waals surface area contributed by atoms with Gasteiger partial charge in [-0.1, -0.05) is 6.92 Å². The molecular formula is C10H19N3O2. The summed E-state index contributed by atoms with van der Waals surface area (Å²) < 4.78 is 0. The van der Waals surface area contributed by atoms with Gasteiger partial charge in [0, 0.05) is 26.1 Å². The summed E-state index contributed by atoms with van der Waals surface area (Å²) in [5.74, 6) is 0.236. The van der Waals surface area contributed by atoms with Gasteiger partial charge in [-0.2, -0.15) is 0 Å². The van der Waals surface area contributed by atoms with Crippen LogP contribution in [0.1, 0.15) is 20.3 Å². The number of nitrogens with two attached hydrogens (primary N) is 1. The van der Waals surface area contributed by atoms with Crippen LogP contribution in [0.25, 0.3) is 0 Å². The molecule has 5 heteroatoms. The topological polar surface area (TPSA) is 75.4 Å². The zero-order valence-corrected chi connectivity index (χ0v) is 9.32. The summed E-state index contributed by atoms with van der Waals surface area (Å²) in [7, 11) is 0. The van der Waals surface area contributed by atoms with Gasteiger partial charge in [0.2, 0.25) is 11.8 Å². The molecule has 1 fully saturated rings. The summed E-state index contributed by atoms with van der Waals surface area (Å²) in [6.45, 7) is 4.92. The average molecular weight is 213 g/mol. The molecule has 1 rings (SSSR count). The molecule has 15 heavy (non-hydrogen) atoms. The van der Waals surface area contributed by atoms with Crippen LogP contribution in [-0.4, -0.2) is 42.4 Å². The molecule has 0 spiro atoms. The first-order valence-corrected chi connectivity index (χ1v) is 5.28. The Kier molecular flexibility index (Phi) is 4.08. The summed E-state index contributed by atoms with van der Waals surface area (Å²) >= 11 is 0. The number of piperidine rings is 1. The van der Waals surface area contributed by atoms with Gasteiger partial charge in [0.1, 0.15) is 0 Å². The maximum atomic E-state index is 11.6. The van der Waals surface area contributed by atoms with Gasteiger partial charge in [-0.05, 0) is 12.3 Å². The van der Waals surface area contributed by atoms with Gasteiger partial charge in [0.05, 0.1) is 6.54 Å². The molecule has 86 valence electrons. The minimum absolute atomic E-state index is 0.0486. The van der Waals surface area contributed by atoms with E-state index < -0.39 is 0 Å². The van der Waals surface area contributed by atoms with Crippen molar-refractivity contribution in [1.29, 1.82) is 0 Å². The SMILES string of the molecule is CC(=O)NCC(=O)N1CCC(C)C(N)C1. The first kappa shape index (κ1) is 12.0. The van der Waals surface area contributed by atoms with Crippen molar-refractivity contribution in [1.82, 2.24) is 10.2 Å². The minimum atomic E-state index is -0.182. The van der Waals surface area contributed by atoms with Crippen LogP contribution >= 0.6 is 0 Å². The van der Waals surface area contributed by atoms with E-state index in [-0.39, 0.29) is 24.4 Å². The number of carbonyl (C=O) groups is 2. The van der Waals surface area contributed by atoms with Crippen LogP contribution in [0.15, 0.2) is 0 Å². The largest absolute Gasteiger partial charge is 0.347 e. The Morgan fingerprint density at radius 1 is 1.53 bits per heavy atom. The first-order valence-electron chi connectivity index (χ1n) is 5.28. The van der Waals surface area contributed by atoms with E-state index in [2.05, 4.69) is 12.2 Å². The zero-order chi connectivity index (χ0) is 11.4. The van der Waals surface area contributed by atoms with Crippen molar-refractivity contribution in [3.63, 3.8) is 0 Å². The normalized spacial score (nSPS) is 26.2. The van der Waals surface area contributed by atoms with Crippen molar-refractivity contribution in [2.45, 2.75) is 26.3 Å². The van der Waals surface area contributed by atoms with Crippen LogP contribution in [-0.2, 0) is 9.59 Å². The second kappa shape index (κ2) is 5.11. The maximum absolute atomic E-state index is 11.6. The highest BCUT2D eigenvalue weighted by molar-refractivity contribution is 5.83. The summed E-state index contributed by atoms with van der Waals surface area (Å²) in [6.07, 6.45) is 0.937. The lowest BCUT2D eigenvalue weighted by atomic mass is 9.94. The second-order valence-corrected chi connectivity index (χ2v) is 4.18. The molecule has 0 bridgehead atoms. The highest BCUT2D eigenvalue weighted by atomic mass is 16.2. The monoisotopic (exact) mass is 213 g/mol. The minimum Gasteiger partial charge on any atom is -0.347 e. The number of nitrogens with zero attached hydrogens (tertiary/aromatic N) is 1. The second-order valence-electron chi connectivity index (χ2n) is 4.18. The van der Waals surface area contributed by atoms with Gasteiger partial charge < -0.3 is 16.0 Å². The smallest absolute Gasteiger partial charge is 0.242 e. The Labute approximate surface area is 90.0 Å². The molecule has 2 unspecified atom stereocenters. The van der Waals surface area contributed by atoms with Gasteiger partial charge in [-0.15, -0.1) is 0 Å². The molecular weight excluding hydrogens is 194 g/mol. The van der Waals surface area contributed by atoms with Crippen LogP contribution in [0.2, 0.25) is 0 Å². The number of carbonyl (C=O) groups excluding carboxylic acids is 2. The average Bonchev–Trinajstić information content (AvgIpc) is 2.18. The summed E-state index contributed by atoms with van der Waals surface area (Å²) in [5, 5.41) is 2.50. The van der Waals surface area contributed by atoms with Crippen molar-refractivity contribution in [3.8, 4) is 0 Å². The van der Waals surface area contributed by atoms with E-state index in [1.807, 2.05) is 0 Å². The summed E-state index contributed by atoms with van der Waals surface area (Å²) in [4.78, 5) is 24.0. The highest BCUT2D eigenvalue weighted by Crippen LogP contribution is 2.15. The van der Waals surface area contributed by atoms with E-state index in [0.29, 0.717) is 12.5 Å². The summed E-state index contributed by atoms with van der Waals surface area (Å²) in [5.41, 5.74) is 5.88. The molecule has 2 amide bonds. The molecule has 2 atom stereocenters. The number of amides is 2. The number of rotatable bonds is 2. The standard InChI is InChI=1S/C10H19N3O2/c1-7-3-4-13(6-9(7)11)10(15)5-12-8(2)14/h7,9H,3-6,11H2,1-2H3,(H,12,14). The van der Waals surface area contributed by atoms with Crippen LogP contribution in [0, 0.1) is 5.92 Å². The first-order chi connectivity index (χ1) is 7.00. The molecule has 1 aliphatic heterocycles. The lowest BCUT2D eigenvalue weighted by Crippen LogP contribution is -2.51. The van der Waals surface area contributed by atoms with Crippen LogP contribution in [0.3, 0.4) is 0 Å². The van der Waals surface area contributed by atoms with E-state index in [0.717, 1.165) is 13.0 Å². The van der Waals surface area contributed by atoms with E-state index in [4.69, 9.17) is 5.73 Å². The number of hydrogen-bond donors (Lipinski definition) is 2. The van der Waals surface area contributed by atoms with Crippen LogP contribution in [0.5, 0.6) is 0 Å². The Bertz CT molecular complexity index is 255. The Hall–Kier alpha value is -1.10. The van der Waals surface area contributed by atoms with Crippen molar-refractivity contribution in [3.05, 3.63) is 0 Å². The molecule has 3 N–H and O–H groups in total. The molecule has 0 aliphatic carbocycles. The number of hydrogen-bond acceptors (Lipinski definition) is 3. The predicted octanol–water partition coefficient (Wildman–Crippen LogP) is -0.682. The third-order valence-electron chi connectivity index (χ3n) is 2.86. The van der Waals surface area contributed by atoms with Gasteiger partial charge in [0.25, 0.3) is 0 Å². The number of likely N-dealkylation sites (tertiary alicyclic amines) is 1. The third-order valence-corrected chi connectivity index (χ3v) is 2.86. The van der Waals surface area contributed by atoms with Crippen LogP contribution in [0.4, 0.5) is 0 Å². The van der Waals surface area contributed by atoms with Crippen molar-refractivity contribution in [2.24, 2.45) is 11.7 Å². The van der Waals surface area contributed by atoms with Gasteiger partial charge >= 0.3 is 0 Å². The Morgan fingerprint density at radius 2 is 2.20 bits per heavy atom. The van der Waals surface area contributed by atoms with E-state index in [1.54, 1.807) is 4.90 Å². The summed E-state index contributed by atoms with van der Waals surface area (Å²) in [6, 6.07) is 0.0556. The molecule has 0 aromatic rings. The number of nitrogens with one attached hydrogen (secondary N) is 1. The van der Waals surface area contributed by atoms with Crippen molar-refractivity contribution < 1.29 is 9.59 Å². The predicted molar refractivity (Wildman–Crippen MR) is 57.0 cm³/mol. The quantitative estimate of drug-likeness (QED) is 0.638. The fraction of sp³-hybridized carbons (Fsp3) is 0.800. The van der Waals surface area contributed by atoms with Gasteiger partial charge in [-0.3, -0.25) is 9.59 Å². The Morgan fingerprint density at radius 3 is 2.73 bits per heavy atom. The zero-order valence-electron chi connectivity index (χ0n) is 9.32.